The molecule has 7 nitrogen and oxygen atoms in total. The van der Waals surface area contributed by atoms with Gasteiger partial charge in [0.2, 0.25) is 0 Å². The van der Waals surface area contributed by atoms with Crippen LogP contribution in [0.25, 0.3) is 0 Å². The van der Waals surface area contributed by atoms with Crippen molar-refractivity contribution in [3.63, 3.8) is 0 Å². The topological polar surface area (TPSA) is 99.9 Å². The SMILES string of the molecule is CCOc1c(Br)cc(Cl)cc1NC(=O)c1cc(Cl)c(OCC(N)=O)c(OC)c1. The van der Waals surface area contributed by atoms with Crippen molar-refractivity contribution in [2.75, 3.05) is 25.6 Å². The Kier molecular flexibility index (Phi) is 7.79. The van der Waals surface area contributed by atoms with Crippen molar-refractivity contribution >= 4 is 56.6 Å². The third-order valence-electron chi connectivity index (χ3n) is 3.40. The number of hydrogen-bond acceptors (Lipinski definition) is 5. The summed E-state index contributed by atoms with van der Waals surface area (Å²) in [5.41, 5.74) is 5.66. The molecule has 2 aromatic carbocycles. The maximum atomic E-state index is 12.7. The summed E-state index contributed by atoms with van der Waals surface area (Å²) in [5, 5.41) is 3.23. The molecule has 0 saturated carbocycles. The van der Waals surface area contributed by atoms with Crippen molar-refractivity contribution < 1.29 is 23.8 Å². The summed E-state index contributed by atoms with van der Waals surface area (Å²) in [6.07, 6.45) is 0. The highest BCUT2D eigenvalue weighted by Gasteiger charge is 2.19. The second-order valence-corrected chi connectivity index (χ2v) is 7.09. The summed E-state index contributed by atoms with van der Waals surface area (Å²) in [5.74, 6) is -0.414. The van der Waals surface area contributed by atoms with Crippen LogP contribution >= 0.6 is 39.1 Å². The van der Waals surface area contributed by atoms with E-state index in [4.69, 9.17) is 43.1 Å². The largest absolute Gasteiger partial charge is 0.493 e. The lowest BCUT2D eigenvalue weighted by molar-refractivity contribution is -0.119. The molecule has 0 aliphatic heterocycles. The molecule has 0 aromatic heterocycles. The van der Waals surface area contributed by atoms with E-state index in [0.717, 1.165) is 0 Å². The second-order valence-electron chi connectivity index (χ2n) is 5.40. The van der Waals surface area contributed by atoms with Crippen LogP contribution in [0.3, 0.4) is 0 Å². The predicted octanol–water partition coefficient (Wildman–Crippen LogP) is 4.28. The Morgan fingerprint density at radius 1 is 1.14 bits per heavy atom. The van der Waals surface area contributed by atoms with Gasteiger partial charge in [-0.25, -0.2) is 0 Å². The number of carbonyl (C=O) groups is 2. The minimum atomic E-state index is -0.671. The predicted molar refractivity (Wildman–Crippen MR) is 111 cm³/mol. The Balaban J connectivity index is 2.35. The molecule has 0 saturated heterocycles. The third kappa shape index (κ3) is 5.43. The van der Waals surface area contributed by atoms with E-state index in [0.29, 0.717) is 27.5 Å². The Hall–Kier alpha value is -2.16. The molecule has 0 heterocycles. The van der Waals surface area contributed by atoms with Crippen molar-refractivity contribution in [2.45, 2.75) is 6.92 Å². The molecule has 28 heavy (non-hydrogen) atoms. The first kappa shape index (κ1) is 22.1. The van der Waals surface area contributed by atoms with E-state index in [9.17, 15) is 9.59 Å². The average molecular weight is 492 g/mol. The van der Waals surface area contributed by atoms with Crippen LogP contribution in [0, 0.1) is 0 Å². The molecule has 2 amide bonds. The van der Waals surface area contributed by atoms with Gasteiger partial charge in [-0.3, -0.25) is 9.59 Å². The molecule has 3 N–H and O–H groups in total. The number of hydrogen-bond donors (Lipinski definition) is 2. The normalized spacial score (nSPS) is 10.3. The first-order valence-electron chi connectivity index (χ1n) is 7.98. The number of nitrogens with two attached hydrogens (primary N) is 1. The van der Waals surface area contributed by atoms with E-state index in [-0.39, 0.29) is 28.7 Å². The molecule has 0 aliphatic carbocycles. The maximum absolute atomic E-state index is 12.7. The number of anilines is 1. The van der Waals surface area contributed by atoms with Gasteiger partial charge in [0.15, 0.2) is 23.9 Å². The van der Waals surface area contributed by atoms with Gasteiger partial charge >= 0.3 is 0 Å². The number of rotatable bonds is 8. The molecule has 0 aliphatic rings. The lowest BCUT2D eigenvalue weighted by atomic mass is 10.1. The summed E-state index contributed by atoms with van der Waals surface area (Å²) < 4.78 is 16.6. The average Bonchev–Trinajstić information content (AvgIpc) is 2.62. The summed E-state index contributed by atoms with van der Waals surface area (Å²) in [6.45, 7) is 1.84. The molecule has 10 heteroatoms. The molecular formula is C18H17BrCl2N2O5. The smallest absolute Gasteiger partial charge is 0.255 e. The van der Waals surface area contributed by atoms with Crippen LogP contribution in [0.2, 0.25) is 10.0 Å². The van der Waals surface area contributed by atoms with Crippen molar-refractivity contribution in [1.29, 1.82) is 0 Å². The van der Waals surface area contributed by atoms with E-state index in [1.807, 2.05) is 6.92 Å². The molecule has 0 bridgehead atoms. The van der Waals surface area contributed by atoms with E-state index in [1.54, 1.807) is 12.1 Å². The summed E-state index contributed by atoms with van der Waals surface area (Å²) >= 11 is 15.6. The van der Waals surface area contributed by atoms with E-state index in [1.165, 1.54) is 19.2 Å². The molecule has 150 valence electrons. The van der Waals surface area contributed by atoms with Gasteiger partial charge in [-0.05, 0) is 47.1 Å². The van der Waals surface area contributed by atoms with Gasteiger partial charge in [-0.1, -0.05) is 23.2 Å². The fraction of sp³-hybridized carbons (Fsp3) is 0.222. The van der Waals surface area contributed by atoms with Gasteiger partial charge in [-0.15, -0.1) is 0 Å². The van der Waals surface area contributed by atoms with Crippen LogP contribution in [-0.4, -0.2) is 32.1 Å². The van der Waals surface area contributed by atoms with Gasteiger partial charge < -0.3 is 25.3 Å². The first-order valence-corrected chi connectivity index (χ1v) is 9.53. The zero-order valence-corrected chi connectivity index (χ0v) is 18.1. The van der Waals surface area contributed by atoms with E-state index in [2.05, 4.69) is 21.2 Å². The minimum Gasteiger partial charge on any atom is -0.493 e. The van der Waals surface area contributed by atoms with Crippen LogP contribution in [0.5, 0.6) is 17.2 Å². The summed E-state index contributed by atoms with van der Waals surface area (Å²) in [7, 11) is 1.38. The zero-order valence-electron chi connectivity index (χ0n) is 15.0. The van der Waals surface area contributed by atoms with Crippen LogP contribution in [0.4, 0.5) is 5.69 Å². The monoisotopic (exact) mass is 490 g/mol. The van der Waals surface area contributed by atoms with Crippen molar-refractivity contribution in [1.82, 2.24) is 0 Å². The molecule has 0 fully saturated rings. The molecule has 0 unspecified atom stereocenters. The number of nitrogens with one attached hydrogen (secondary N) is 1. The Labute approximate surface area is 180 Å². The Bertz CT molecular complexity index is 908. The van der Waals surface area contributed by atoms with Crippen molar-refractivity contribution in [2.24, 2.45) is 5.73 Å². The highest BCUT2D eigenvalue weighted by Crippen LogP contribution is 2.39. The third-order valence-corrected chi connectivity index (χ3v) is 4.48. The van der Waals surface area contributed by atoms with Crippen molar-refractivity contribution in [3.8, 4) is 17.2 Å². The van der Waals surface area contributed by atoms with Gasteiger partial charge in [0.25, 0.3) is 11.8 Å². The zero-order chi connectivity index (χ0) is 20.8. The molecular weight excluding hydrogens is 475 g/mol. The molecule has 0 radical (unpaired) electrons. The van der Waals surface area contributed by atoms with Gasteiger partial charge in [0.05, 0.1) is 28.9 Å². The number of halogens is 3. The minimum absolute atomic E-state index is 0.0862. The van der Waals surface area contributed by atoms with Gasteiger partial charge in [-0.2, -0.15) is 0 Å². The summed E-state index contributed by atoms with van der Waals surface area (Å²) in [6, 6.07) is 6.04. The van der Waals surface area contributed by atoms with Crippen molar-refractivity contribution in [3.05, 3.63) is 44.3 Å². The van der Waals surface area contributed by atoms with E-state index >= 15 is 0 Å². The Morgan fingerprint density at radius 3 is 2.46 bits per heavy atom. The second kappa shape index (κ2) is 9.86. The quantitative estimate of drug-likeness (QED) is 0.574. The lowest BCUT2D eigenvalue weighted by Crippen LogP contribution is -2.20. The number of ether oxygens (including phenoxy) is 3. The van der Waals surface area contributed by atoms with Crippen LogP contribution in [0.15, 0.2) is 28.7 Å². The van der Waals surface area contributed by atoms with Gasteiger partial charge in [0, 0.05) is 10.6 Å². The highest BCUT2D eigenvalue weighted by atomic mass is 79.9. The first-order chi connectivity index (χ1) is 13.3. The maximum Gasteiger partial charge on any atom is 0.255 e. The van der Waals surface area contributed by atoms with Gasteiger partial charge in [0.1, 0.15) is 0 Å². The molecule has 2 aromatic rings. The number of methoxy groups -OCH3 is 1. The molecule has 2 rings (SSSR count). The standard InChI is InChI=1S/C18H17BrCl2N2O5/c1-3-27-16-11(19)6-10(20)7-13(16)23-18(25)9-4-12(21)17(14(5-9)26-2)28-8-15(22)24/h4-7H,3,8H2,1-2H3,(H2,22,24)(H,23,25). The van der Waals surface area contributed by atoms with Crippen LogP contribution in [0.1, 0.15) is 17.3 Å². The fourth-order valence-corrected chi connectivity index (χ4v) is 3.46. The lowest BCUT2D eigenvalue weighted by Gasteiger charge is -2.15. The van der Waals surface area contributed by atoms with Crippen LogP contribution in [-0.2, 0) is 4.79 Å². The highest BCUT2D eigenvalue weighted by molar-refractivity contribution is 9.10. The number of amides is 2. The summed E-state index contributed by atoms with van der Waals surface area (Å²) in [4.78, 5) is 23.7. The number of carbonyl (C=O) groups excluding carboxylic acids is 2. The number of primary amides is 1. The Morgan fingerprint density at radius 2 is 1.86 bits per heavy atom. The molecule has 0 atom stereocenters. The fourth-order valence-electron chi connectivity index (χ4n) is 2.27. The van der Waals surface area contributed by atoms with Crippen LogP contribution < -0.4 is 25.3 Å². The van der Waals surface area contributed by atoms with E-state index < -0.39 is 11.8 Å². The molecule has 0 spiro atoms. The number of benzene rings is 2.